The summed E-state index contributed by atoms with van der Waals surface area (Å²) in [7, 11) is 0. The van der Waals surface area contributed by atoms with Crippen LogP contribution in [0.4, 0.5) is 0 Å². The van der Waals surface area contributed by atoms with E-state index >= 15 is 0 Å². The molecule has 58 heavy (non-hydrogen) atoms. The Labute approximate surface area is 506 Å². The number of Topliss-reactive ketones (excluding diaryl/α,β-unsaturated/α-hetero) is 1. The molecular formula is C47H76O5Y6. The fourth-order valence-electron chi connectivity index (χ4n) is 11.6. The van der Waals surface area contributed by atoms with Crippen LogP contribution in [-0.4, -0.2) is 50.6 Å². The van der Waals surface area contributed by atoms with Crippen LogP contribution in [0.2, 0.25) is 0 Å². The second kappa shape index (κ2) is 31.8. The van der Waals surface area contributed by atoms with Crippen LogP contribution in [0.25, 0.3) is 0 Å². The van der Waals surface area contributed by atoms with Crippen molar-refractivity contribution in [1.82, 2.24) is 0 Å². The van der Waals surface area contributed by atoms with E-state index in [-0.39, 0.29) is 196 Å². The maximum atomic E-state index is 11.9. The molecule has 0 saturated heterocycles. The number of aliphatic hydroxyl groups excluding tert-OH is 4. The summed E-state index contributed by atoms with van der Waals surface area (Å²) in [4.78, 5) is 11.9. The zero-order valence-corrected chi connectivity index (χ0v) is 54.6. The molecular weight excluding hydrogens is 1180 g/mol. The van der Waals surface area contributed by atoms with E-state index in [1.165, 1.54) is 64.2 Å². The summed E-state index contributed by atoms with van der Waals surface area (Å²) in [5.74, 6) is 4.98. The van der Waals surface area contributed by atoms with Crippen LogP contribution >= 0.6 is 0 Å². The molecule has 0 amide bonds. The van der Waals surface area contributed by atoms with E-state index < -0.39 is 24.4 Å². The Bertz CT molecular complexity index is 1330. The first kappa shape index (κ1) is 67.1. The van der Waals surface area contributed by atoms with Gasteiger partial charge >= 0.3 is 0 Å². The third-order valence-electron chi connectivity index (χ3n) is 15.2. The third-order valence-corrected chi connectivity index (χ3v) is 15.2. The van der Waals surface area contributed by atoms with Gasteiger partial charge in [-0.1, -0.05) is 109 Å². The van der Waals surface area contributed by atoms with Crippen molar-refractivity contribution < 1.29 is 221 Å². The molecule has 0 heterocycles. The van der Waals surface area contributed by atoms with Gasteiger partial charge in [-0.2, -0.15) is 0 Å². The number of hydrogen-bond acceptors (Lipinski definition) is 5. The van der Waals surface area contributed by atoms with Crippen molar-refractivity contribution >= 4 is 5.78 Å². The number of carbonyl (C=O) groups is 1. The summed E-state index contributed by atoms with van der Waals surface area (Å²) >= 11 is 0. The molecule has 2 unspecified atom stereocenters. The van der Waals surface area contributed by atoms with Gasteiger partial charge in [0.25, 0.3) is 0 Å². The molecule has 5 nitrogen and oxygen atoms in total. The third kappa shape index (κ3) is 17.1. The van der Waals surface area contributed by atoms with Gasteiger partial charge in [-0.15, -0.1) is 0 Å². The molecule has 0 aromatic heterocycles. The van der Waals surface area contributed by atoms with E-state index in [2.05, 4.69) is 79.9 Å². The van der Waals surface area contributed by atoms with Gasteiger partial charge in [0.15, 0.2) is 0 Å². The van der Waals surface area contributed by atoms with Gasteiger partial charge < -0.3 is 20.4 Å². The van der Waals surface area contributed by atoms with E-state index in [1.807, 2.05) is 0 Å². The van der Waals surface area contributed by atoms with Crippen LogP contribution in [-0.2, 0) is 201 Å². The van der Waals surface area contributed by atoms with Crippen LogP contribution in [0.1, 0.15) is 158 Å². The van der Waals surface area contributed by atoms with Crippen molar-refractivity contribution in [2.45, 2.75) is 182 Å². The van der Waals surface area contributed by atoms with Crippen LogP contribution in [0, 0.1) is 46.3 Å². The number of aliphatic hydroxyl groups is 4. The quantitative estimate of drug-likeness (QED) is 0.199. The minimum Gasteiger partial charge on any atom is -0.388 e. The molecule has 0 aliphatic heterocycles. The zero-order valence-electron chi connectivity index (χ0n) is 37.6. The molecule has 6 aliphatic rings. The maximum absolute atomic E-state index is 11.9. The summed E-state index contributed by atoms with van der Waals surface area (Å²) in [5.41, 5.74) is 5.86. The molecule has 312 valence electrons. The Morgan fingerprint density at radius 1 is 0.621 bits per heavy atom. The van der Waals surface area contributed by atoms with Crippen molar-refractivity contribution in [2.24, 2.45) is 46.3 Å². The molecule has 0 aromatic rings. The average Bonchev–Trinajstić information content (AvgIpc) is 3.66. The molecule has 12 atom stereocenters. The van der Waals surface area contributed by atoms with Crippen molar-refractivity contribution in [1.29, 1.82) is 0 Å². The first-order valence-corrected chi connectivity index (χ1v) is 21.3. The molecule has 6 rings (SSSR count). The van der Waals surface area contributed by atoms with Crippen LogP contribution < -0.4 is 0 Å². The second-order valence-electron chi connectivity index (χ2n) is 18.3. The van der Waals surface area contributed by atoms with Crippen molar-refractivity contribution in [3.05, 3.63) is 59.3 Å². The van der Waals surface area contributed by atoms with Gasteiger partial charge in [0, 0.05) is 209 Å². The predicted octanol–water partition coefficient (Wildman–Crippen LogP) is 10.4. The van der Waals surface area contributed by atoms with Gasteiger partial charge in [-0.25, -0.2) is 0 Å². The van der Waals surface area contributed by atoms with Crippen molar-refractivity contribution in [3.8, 4) is 0 Å². The minimum atomic E-state index is -0.591. The number of allylic oxidation sites excluding steroid dienone is 4. The van der Waals surface area contributed by atoms with E-state index in [9.17, 15) is 25.2 Å². The number of ketones is 1. The number of fused-ring (bicyclic) bond motifs is 2. The summed E-state index contributed by atoms with van der Waals surface area (Å²) in [6.07, 6.45) is 22.7. The Hall–Kier alpha value is 4.83. The standard InChI is InChI=1S/C23H36O2.C14H24O.C10H16O2.6Y/c1-5-15(2)19-10-11-20-18(7-6-12-23(19,20)4)9-8-17-13-21(24)16(3)22(25)14-17;1-4-10(2)11-7-8-12-13(15)6-5-9-14(11,12)3;1-3-4-8-5-9(11)7(2)10(12)6-8;;;;;;/h8-9,15,19-22,24-25H,3,5-7,10-14H2,1-2,4H3;10-12H,4-9H2,1-3H3;4,9-12H,2-3,5-6H2,1H3;;;;;;/b18-9+;;;;;;;;/t15-,19?,20-,21+,22+,23+;10-,11?,12-,14+;9-,10-;;;;;;/m001....../s1. The summed E-state index contributed by atoms with van der Waals surface area (Å²) in [6, 6.07) is 0. The van der Waals surface area contributed by atoms with Crippen molar-refractivity contribution in [2.75, 3.05) is 0 Å². The Morgan fingerprint density at radius 2 is 1.02 bits per heavy atom. The smallest absolute Gasteiger partial charge is 0.136 e. The SMILES string of the molecule is C=C1[C@H](O)CC(=C/C=C2\CCC[C@]3(C)C([C@@H](C)CC)CC[C@@H]23)C[C@H]1O.C=C1[C@H](O)CC(=CCC)C[C@H]1O.CC[C@H](C)C1CC[C@H]2C(=O)CCC[C@]12C.[Y].[Y].[Y].[Y].[Y].[Y]. The Morgan fingerprint density at radius 3 is 1.45 bits per heavy atom. The Balaban J connectivity index is -0.000000798. The van der Waals surface area contributed by atoms with E-state index in [0.29, 0.717) is 59.4 Å². The molecule has 0 aromatic carbocycles. The van der Waals surface area contributed by atoms with E-state index in [1.54, 1.807) is 5.57 Å². The molecule has 6 aliphatic carbocycles. The first-order valence-electron chi connectivity index (χ1n) is 21.3. The molecule has 6 radical (unpaired) electrons. The van der Waals surface area contributed by atoms with Crippen LogP contribution in [0.3, 0.4) is 0 Å². The molecule has 0 bridgehead atoms. The predicted molar refractivity (Wildman–Crippen MR) is 216 cm³/mol. The fraction of sp³-hybridized carbons (Fsp3) is 0.766. The Kier molecular flexibility index (Phi) is 36.8. The number of carbonyl (C=O) groups excluding carboxylic acids is 1. The first-order chi connectivity index (χ1) is 24.6. The van der Waals surface area contributed by atoms with Gasteiger partial charge in [0.1, 0.15) is 5.78 Å². The molecule has 11 heteroatoms. The molecule has 4 N–H and O–H groups in total. The van der Waals surface area contributed by atoms with Gasteiger partial charge in [-0.3, -0.25) is 4.79 Å². The zero-order chi connectivity index (χ0) is 38.4. The van der Waals surface area contributed by atoms with E-state index in [0.717, 1.165) is 60.0 Å². The minimum absolute atomic E-state index is 0. The normalized spacial score (nSPS) is 35.4. The summed E-state index contributed by atoms with van der Waals surface area (Å²) < 4.78 is 0. The molecule has 6 fully saturated rings. The topological polar surface area (TPSA) is 98.0 Å². The van der Waals surface area contributed by atoms with Crippen molar-refractivity contribution in [3.63, 3.8) is 0 Å². The number of hydrogen-bond donors (Lipinski definition) is 4. The van der Waals surface area contributed by atoms with E-state index in [4.69, 9.17) is 0 Å². The van der Waals surface area contributed by atoms with Crippen LogP contribution in [0.5, 0.6) is 0 Å². The fourth-order valence-corrected chi connectivity index (χ4v) is 11.6. The molecule has 6 saturated carbocycles. The van der Waals surface area contributed by atoms with Crippen LogP contribution in [0.15, 0.2) is 59.3 Å². The van der Waals surface area contributed by atoms with Gasteiger partial charge in [-0.05, 0) is 141 Å². The molecule has 0 spiro atoms. The monoisotopic (exact) mass is 1250 g/mol. The second-order valence-corrected chi connectivity index (χ2v) is 18.3. The number of rotatable bonds is 6. The van der Waals surface area contributed by atoms with Gasteiger partial charge in [0.05, 0.1) is 24.4 Å². The summed E-state index contributed by atoms with van der Waals surface area (Å²) in [6.45, 7) is 23.9. The maximum Gasteiger partial charge on any atom is 0.136 e. The summed E-state index contributed by atoms with van der Waals surface area (Å²) in [5, 5.41) is 39.0. The average molecular weight is 1250 g/mol. The largest absolute Gasteiger partial charge is 0.388 e. The van der Waals surface area contributed by atoms with Gasteiger partial charge in [0.2, 0.25) is 0 Å².